The summed E-state index contributed by atoms with van der Waals surface area (Å²) in [6.45, 7) is 0. The summed E-state index contributed by atoms with van der Waals surface area (Å²) in [4.78, 5) is 4.98. The van der Waals surface area contributed by atoms with Gasteiger partial charge in [-0.15, -0.1) is 34.0 Å². The molecule has 0 bridgehead atoms. The fourth-order valence-electron chi connectivity index (χ4n) is 17.6. The smallest absolute Gasteiger partial charge is 0.0725 e. The molecule has 0 radical (unpaired) electrons. The Balaban J connectivity index is 0.641. The molecule has 22 rings (SSSR count). The van der Waals surface area contributed by atoms with Crippen molar-refractivity contribution in [3.63, 3.8) is 0 Å². The van der Waals surface area contributed by atoms with Crippen LogP contribution in [0.15, 0.2) is 364 Å². The molecule has 3 aromatic heterocycles. The number of benzene rings is 17. The van der Waals surface area contributed by atoms with Gasteiger partial charge in [0, 0.05) is 93.8 Å². The van der Waals surface area contributed by atoms with E-state index in [1.54, 1.807) is 0 Å². The van der Waals surface area contributed by atoms with Crippen LogP contribution in [-0.4, -0.2) is 0 Å². The maximum Gasteiger partial charge on any atom is 0.0725 e. The zero-order chi connectivity index (χ0) is 68.1. The lowest BCUT2D eigenvalue weighted by atomic mass is 9.70. The van der Waals surface area contributed by atoms with Gasteiger partial charge in [0.05, 0.1) is 28.2 Å². The minimum Gasteiger partial charge on any atom is -0.309 e. The molecular formula is C99H60N2S3. The van der Waals surface area contributed by atoms with Gasteiger partial charge in [0.25, 0.3) is 0 Å². The number of rotatable bonds is 10. The van der Waals surface area contributed by atoms with Gasteiger partial charge in [-0.05, 0) is 192 Å². The minimum absolute atomic E-state index is 0.422. The molecule has 0 N–H and O–H groups in total. The van der Waals surface area contributed by atoms with Crippen LogP contribution in [0.1, 0.15) is 22.3 Å². The van der Waals surface area contributed by atoms with Gasteiger partial charge >= 0.3 is 0 Å². The molecule has 2 aliphatic rings. The van der Waals surface area contributed by atoms with E-state index in [9.17, 15) is 0 Å². The number of hydrogen-bond acceptors (Lipinski definition) is 5. The first kappa shape index (κ1) is 59.2. The molecule has 5 heteroatoms. The second kappa shape index (κ2) is 23.3. The molecule has 20 aromatic rings. The van der Waals surface area contributed by atoms with E-state index >= 15 is 0 Å². The molecule has 1 spiro atoms. The summed E-state index contributed by atoms with van der Waals surface area (Å²) in [6, 6.07) is 137. The van der Waals surface area contributed by atoms with Crippen LogP contribution in [0.2, 0.25) is 0 Å². The van der Waals surface area contributed by atoms with Crippen LogP contribution in [0, 0.1) is 0 Å². The molecule has 0 saturated heterocycles. The van der Waals surface area contributed by atoms with E-state index in [-0.39, 0.29) is 0 Å². The Morgan fingerprint density at radius 3 is 1.19 bits per heavy atom. The predicted molar refractivity (Wildman–Crippen MR) is 448 cm³/mol. The van der Waals surface area contributed by atoms with Gasteiger partial charge in [0.2, 0.25) is 0 Å². The Labute approximate surface area is 613 Å². The molecule has 3 heterocycles. The Bertz CT molecular complexity index is 6900. The normalized spacial score (nSPS) is 12.7. The number of hydrogen-bond donors (Lipinski definition) is 0. The quantitative estimate of drug-likeness (QED) is 0.135. The van der Waals surface area contributed by atoms with Crippen LogP contribution in [0.25, 0.3) is 149 Å². The second-order valence-electron chi connectivity index (χ2n) is 27.7. The van der Waals surface area contributed by atoms with Crippen molar-refractivity contribution in [3.8, 4) is 66.8 Å². The van der Waals surface area contributed by atoms with E-state index in [1.165, 1.54) is 171 Å². The summed E-state index contributed by atoms with van der Waals surface area (Å²) >= 11 is 5.60. The predicted octanol–water partition coefficient (Wildman–Crippen LogP) is 29.0. The van der Waals surface area contributed by atoms with E-state index in [4.69, 9.17) is 0 Å². The van der Waals surface area contributed by atoms with Crippen molar-refractivity contribution < 1.29 is 0 Å². The minimum atomic E-state index is -0.422. The van der Waals surface area contributed by atoms with Crippen LogP contribution in [0.5, 0.6) is 0 Å². The van der Waals surface area contributed by atoms with Gasteiger partial charge in [-0.1, -0.05) is 261 Å². The van der Waals surface area contributed by atoms with Crippen molar-refractivity contribution in [2.24, 2.45) is 0 Å². The van der Waals surface area contributed by atoms with Crippen molar-refractivity contribution in [2.45, 2.75) is 5.41 Å². The summed E-state index contributed by atoms with van der Waals surface area (Å²) in [7, 11) is 0. The van der Waals surface area contributed by atoms with Crippen LogP contribution in [0.4, 0.5) is 34.1 Å². The third-order valence-corrected chi connectivity index (χ3v) is 25.7. The highest BCUT2D eigenvalue weighted by molar-refractivity contribution is 7.26. The summed E-state index contributed by atoms with van der Waals surface area (Å²) in [6.07, 6.45) is 0. The SMILES string of the molecule is c1ccc(N(c2ccc3c(c2)sc2ccccc23)c2cccc3ccccc23)c(-c2ccc3sc4cc(-c5ccc6c(N(c7ccc(-c8ccc9c(c8)C8(c%10ccccc%10-c%10ccccc%108)c8ccccc8-9)cc7)c7ccccc7-c7ccc8sc9ccccc9c8c7)cccc6c5)ccc4c3c2)c1. The second-order valence-corrected chi connectivity index (χ2v) is 31.0. The van der Waals surface area contributed by atoms with Gasteiger partial charge in [0.1, 0.15) is 0 Å². The molecule has 0 unspecified atom stereocenters. The van der Waals surface area contributed by atoms with E-state index < -0.39 is 5.41 Å². The third-order valence-electron chi connectivity index (χ3n) is 22.3. The highest BCUT2D eigenvalue weighted by Gasteiger charge is 2.51. The Morgan fingerprint density at radius 1 is 0.183 bits per heavy atom. The maximum absolute atomic E-state index is 2.50. The monoisotopic (exact) mass is 1370 g/mol. The Morgan fingerprint density at radius 2 is 0.558 bits per heavy atom. The highest BCUT2D eigenvalue weighted by atomic mass is 32.1. The molecule has 0 aliphatic heterocycles. The molecule has 0 amide bonds. The van der Waals surface area contributed by atoms with Crippen LogP contribution in [-0.2, 0) is 5.41 Å². The van der Waals surface area contributed by atoms with E-state index in [0.717, 1.165) is 34.1 Å². The van der Waals surface area contributed by atoms with E-state index in [1.807, 2.05) is 34.0 Å². The molecule has 0 atom stereocenters. The molecule has 0 fully saturated rings. The molecule has 2 aliphatic carbocycles. The summed E-state index contributed by atoms with van der Waals surface area (Å²) in [5.41, 5.74) is 26.4. The van der Waals surface area contributed by atoms with Crippen molar-refractivity contribution in [3.05, 3.63) is 386 Å². The van der Waals surface area contributed by atoms with E-state index in [0.29, 0.717) is 0 Å². The largest absolute Gasteiger partial charge is 0.309 e. The standard InChI is InChI=1S/C99H60N2S3/c1-2-22-71-62(19-1)20-17-35-91(71)101(70-48-52-81-79-28-8-15-37-93(79)103-98(81)60-70)90-34-14-7-24-73(90)68-45-54-96-84(57-68)82-51-43-65(59-97(82)104-96)63-41-49-74-66(55-63)21-18-36-92(74)100(89-33-13-6-23-72(89)67-44-53-95-83(56-67)80-29-9-16-38-94(80)102-95)69-46-39-61(40-47-69)64-42-50-78-77-27-5-12-32-87(77)99(88(78)58-64)85-30-10-3-25-75(85)76-26-4-11-31-86(76)99/h1-60H. The van der Waals surface area contributed by atoms with Gasteiger partial charge in [-0.3, -0.25) is 0 Å². The Kier molecular flexibility index (Phi) is 13.3. The maximum atomic E-state index is 2.50. The molecule has 2 nitrogen and oxygen atoms in total. The van der Waals surface area contributed by atoms with Crippen molar-refractivity contribution in [2.75, 3.05) is 9.80 Å². The fourth-order valence-corrected chi connectivity index (χ4v) is 21.0. The van der Waals surface area contributed by atoms with Crippen molar-refractivity contribution in [1.29, 1.82) is 0 Å². The number of para-hydroxylation sites is 2. The first-order valence-electron chi connectivity index (χ1n) is 35.7. The third kappa shape index (κ3) is 8.98. The van der Waals surface area contributed by atoms with Crippen molar-refractivity contribution >= 4 is 150 Å². The first-order chi connectivity index (χ1) is 51.5. The lowest BCUT2D eigenvalue weighted by Gasteiger charge is -2.31. The van der Waals surface area contributed by atoms with Crippen LogP contribution < -0.4 is 9.80 Å². The summed E-state index contributed by atoms with van der Waals surface area (Å²) < 4.78 is 7.72. The Hall–Kier alpha value is -12.5. The number of nitrogens with zero attached hydrogens (tertiary/aromatic N) is 2. The van der Waals surface area contributed by atoms with Gasteiger partial charge in [0.15, 0.2) is 0 Å². The number of anilines is 6. The summed E-state index contributed by atoms with van der Waals surface area (Å²) in [5.74, 6) is 0. The highest BCUT2D eigenvalue weighted by Crippen LogP contribution is 2.63. The fraction of sp³-hybridized carbons (Fsp3) is 0.0101. The molecule has 17 aromatic carbocycles. The first-order valence-corrected chi connectivity index (χ1v) is 38.1. The van der Waals surface area contributed by atoms with Crippen LogP contribution >= 0.6 is 34.0 Å². The van der Waals surface area contributed by atoms with Crippen LogP contribution in [0.3, 0.4) is 0 Å². The molecule has 0 saturated carbocycles. The number of fused-ring (bicyclic) bond motifs is 21. The van der Waals surface area contributed by atoms with Crippen molar-refractivity contribution in [1.82, 2.24) is 0 Å². The molecular weight excluding hydrogens is 1310 g/mol. The summed E-state index contributed by atoms with van der Waals surface area (Å²) in [5, 5.41) is 12.5. The lowest BCUT2D eigenvalue weighted by Crippen LogP contribution is -2.25. The van der Waals surface area contributed by atoms with Gasteiger partial charge in [-0.25, -0.2) is 0 Å². The lowest BCUT2D eigenvalue weighted by molar-refractivity contribution is 0.794. The van der Waals surface area contributed by atoms with Gasteiger partial charge < -0.3 is 9.80 Å². The van der Waals surface area contributed by atoms with Gasteiger partial charge in [-0.2, -0.15) is 0 Å². The topological polar surface area (TPSA) is 6.48 Å². The molecule has 484 valence electrons. The average molecular weight is 1370 g/mol. The zero-order valence-corrected chi connectivity index (χ0v) is 58.7. The molecule has 104 heavy (non-hydrogen) atoms. The zero-order valence-electron chi connectivity index (χ0n) is 56.3. The van der Waals surface area contributed by atoms with E-state index in [2.05, 4.69) is 374 Å². The number of thiophene rings is 3. The average Bonchev–Trinajstić information content (AvgIpc) is 1.51.